The summed E-state index contributed by atoms with van der Waals surface area (Å²) in [6.07, 6.45) is 8.64. The van der Waals surface area contributed by atoms with Gasteiger partial charge in [0.05, 0.1) is 11.3 Å². The van der Waals surface area contributed by atoms with Gasteiger partial charge in [-0.15, -0.1) is 0 Å². The lowest BCUT2D eigenvalue weighted by Gasteiger charge is -2.32. The molecule has 0 unspecified atom stereocenters. The van der Waals surface area contributed by atoms with E-state index in [0.29, 0.717) is 17.2 Å². The molecule has 0 atom stereocenters. The molecule has 0 aliphatic carbocycles. The number of hydrogen-bond donors (Lipinski definition) is 1. The Morgan fingerprint density at radius 1 is 1.14 bits per heavy atom. The van der Waals surface area contributed by atoms with Gasteiger partial charge in [-0.1, -0.05) is 18.2 Å². The summed E-state index contributed by atoms with van der Waals surface area (Å²) >= 11 is 0. The summed E-state index contributed by atoms with van der Waals surface area (Å²) in [5, 5.41) is 7.96. The number of piperidine rings is 1. The first kappa shape index (κ1) is 19.3. The molecule has 3 aromatic rings. The quantitative estimate of drug-likeness (QED) is 0.702. The van der Waals surface area contributed by atoms with Gasteiger partial charge in [-0.05, 0) is 63.0 Å². The Morgan fingerprint density at radius 3 is 2.62 bits per heavy atom. The van der Waals surface area contributed by atoms with E-state index < -0.39 is 0 Å². The van der Waals surface area contributed by atoms with Crippen LogP contribution < -0.4 is 5.32 Å². The predicted octanol–water partition coefficient (Wildman–Crippen LogP) is 3.40. The zero-order valence-electron chi connectivity index (χ0n) is 16.8. The van der Waals surface area contributed by atoms with E-state index in [0.717, 1.165) is 43.7 Å². The minimum Gasteiger partial charge on any atom is -0.339 e. The van der Waals surface area contributed by atoms with Gasteiger partial charge >= 0.3 is 0 Å². The van der Waals surface area contributed by atoms with E-state index in [-0.39, 0.29) is 5.91 Å². The number of pyridine rings is 1. The first-order valence-corrected chi connectivity index (χ1v) is 10.3. The fraction of sp³-hybridized carbons (Fsp3) is 0.348. The highest BCUT2D eigenvalue weighted by molar-refractivity contribution is 6.00. The molecule has 4 rings (SSSR count). The lowest BCUT2D eigenvalue weighted by Crippen LogP contribution is -2.39. The number of aromatic nitrogens is 3. The van der Waals surface area contributed by atoms with Crippen LogP contribution >= 0.6 is 0 Å². The van der Waals surface area contributed by atoms with Gasteiger partial charge in [-0.3, -0.25) is 9.78 Å². The van der Waals surface area contributed by atoms with Crippen LogP contribution in [0, 0.1) is 5.92 Å². The average molecular weight is 390 g/mol. The number of nitrogens with one attached hydrogen (secondary N) is 1. The Morgan fingerprint density at radius 2 is 1.93 bits per heavy atom. The van der Waals surface area contributed by atoms with Crippen LogP contribution in [-0.2, 0) is 0 Å². The Balaban J connectivity index is 1.60. The van der Waals surface area contributed by atoms with E-state index in [1.807, 2.05) is 60.6 Å². The molecule has 3 heterocycles. The molecule has 1 aliphatic heterocycles. The molecule has 1 aromatic carbocycles. The number of nitrogens with zero attached hydrogens (tertiary/aromatic N) is 4. The smallest absolute Gasteiger partial charge is 0.257 e. The lowest BCUT2D eigenvalue weighted by molar-refractivity contribution is 0.0688. The van der Waals surface area contributed by atoms with Gasteiger partial charge in [-0.25, -0.2) is 4.68 Å². The SMILES string of the molecule is CNCCC1CCN(C(=O)c2cn(-c3ccccc3)nc2-c2cccnc2)CC1. The summed E-state index contributed by atoms with van der Waals surface area (Å²) in [6, 6.07) is 13.7. The normalized spacial score (nSPS) is 14.9. The number of likely N-dealkylation sites (tertiary alicyclic amines) is 1. The molecular weight excluding hydrogens is 362 g/mol. The third-order valence-corrected chi connectivity index (χ3v) is 5.60. The molecule has 1 amide bonds. The molecule has 6 heteroatoms. The van der Waals surface area contributed by atoms with E-state index in [9.17, 15) is 4.79 Å². The third-order valence-electron chi connectivity index (χ3n) is 5.60. The lowest BCUT2D eigenvalue weighted by atomic mass is 9.93. The van der Waals surface area contributed by atoms with Gasteiger partial charge in [-0.2, -0.15) is 5.10 Å². The molecular formula is C23H27N5O. The maximum atomic E-state index is 13.4. The van der Waals surface area contributed by atoms with Crippen molar-refractivity contribution < 1.29 is 4.79 Å². The average Bonchev–Trinajstić information content (AvgIpc) is 3.24. The maximum absolute atomic E-state index is 13.4. The molecule has 0 bridgehead atoms. The van der Waals surface area contributed by atoms with Gasteiger partial charge in [0.1, 0.15) is 5.69 Å². The summed E-state index contributed by atoms with van der Waals surface area (Å²) in [4.78, 5) is 19.6. The van der Waals surface area contributed by atoms with Gasteiger partial charge < -0.3 is 10.2 Å². The van der Waals surface area contributed by atoms with Crippen LogP contribution in [0.5, 0.6) is 0 Å². The second-order valence-electron chi connectivity index (χ2n) is 7.54. The Kier molecular flexibility index (Phi) is 6.00. The molecule has 0 saturated carbocycles. The molecule has 6 nitrogen and oxygen atoms in total. The zero-order chi connectivity index (χ0) is 20.1. The number of benzene rings is 1. The molecule has 1 saturated heterocycles. The standard InChI is InChI=1S/C23H27N5O/c1-24-13-9-18-10-14-27(15-11-18)23(29)21-17-28(20-7-3-2-4-8-20)26-22(21)19-6-5-12-25-16-19/h2-8,12,16-18,24H,9-11,13-15H2,1H3. The Hall–Kier alpha value is -2.99. The van der Waals surface area contributed by atoms with Crippen molar-refractivity contribution in [3.8, 4) is 16.9 Å². The van der Waals surface area contributed by atoms with Crippen LogP contribution in [0.3, 0.4) is 0 Å². The Labute approximate surface area is 171 Å². The minimum absolute atomic E-state index is 0.0538. The maximum Gasteiger partial charge on any atom is 0.257 e. The van der Waals surface area contributed by atoms with Crippen molar-refractivity contribution in [3.63, 3.8) is 0 Å². The van der Waals surface area contributed by atoms with Crippen molar-refractivity contribution in [3.05, 3.63) is 66.6 Å². The van der Waals surface area contributed by atoms with E-state index in [2.05, 4.69) is 10.3 Å². The van der Waals surface area contributed by atoms with E-state index in [4.69, 9.17) is 5.10 Å². The fourth-order valence-corrected chi connectivity index (χ4v) is 3.90. The van der Waals surface area contributed by atoms with Crippen molar-refractivity contribution in [2.45, 2.75) is 19.3 Å². The second-order valence-corrected chi connectivity index (χ2v) is 7.54. The molecule has 1 N–H and O–H groups in total. The van der Waals surface area contributed by atoms with Crippen LogP contribution in [0.1, 0.15) is 29.6 Å². The summed E-state index contributed by atoms with van der Waals surface area (Å²) < 4.78 is 1.79. The molecule has 1 aliphatic rings. The van der Waals surface area contributed by atoms with Crippen LogP contribution in [0.15, 0.2) is 61.1 Å². The highest BCUT2D eigenvalue weighted by Crippen LogP contribution is 2.27. The number of para-hydroxylation sites is 1. The minimum atomic E-state index is 0.0538. The first-order chi connectivity index (χ1) is 14.3. The summed E-state index contributed by atoms with van der Waals surface area (Å²) in [5.41, 5.74) is 3.11. The van der Waals surface area contributed by atoms with Gasteiger partial charge in [0.15, 0.2) is 0 Å². The summed E-state index contributed by atoms with van der Waals surface area (Å²) in [7, 11) is 1.99. The number of hydrogen-bond acceptors (Lipinski definition) is 4. The first-order valence-electron chi connectivity index (χ1n) is 10.3. The monoisotopic (exact) mass is 389 g/mol. The molecule has 29 heavy (non-hydrogen) atoms. The second kappa shape index (κ2) is 9.01. The third kappa shape index (κ3) is 4.38. The van der Waals surface area contributed by atoms with Crippen molar-refractivity contribution >= 4 is 5.91 Å². The molecule has 2 aromatic heterocycles. The largest absolute Gasteiger partial charge is 0.339 e. The van der Waals surface area contributed by atoms with Gasteiger partial charge in [0.2, 0.25) is 0 Å². The Bertz CT molecular complexity index is 930. The molecule has 0 spiro atoms. The zero-order valence-corrected chi connectivity index (χ0v) is 16.8. The molecule has 1 fully saturated rings. The van der Waals surface area contributed by atoms with Crippen molar-refractivity contribution in [2.75, 3.05) is 26.7 Å². The van der Waals surface area contributed by atoms with Gasteiger partial charge in [0, 0.05) is 37.2 Å². The fourth-order valence-electron chi connectivity index (χ4n) is 3.90. The van der Waals surface area contributed by atoms with E-state index >= 15 is 0 Å². The van der Waals surface area contributed by atoms with E-state index in [1.54, 1.807) is 17.1 Å². The van der Waals surface area contributed by atoms with Gasteiger partial charge in [0.25, 0.3) is 5.91 Å². The number of carbonyl (C=O) groups is 1. The highest BCUT2D eigenvalue weighted by Gasteiger charge is 2.27. The van der Waals surface area contributed by atoms with Crippen molar-refractivity contribution in [2.24, 2.45) is 5.92 Å². The van der Waals surface area contributed by atoms with Crippen molar-refractivity contribution in [1.29, 1.82) is 0 Å². The topological polar surface area (TPSA) is 63.1 Å². The van der Waals surface area contributed by atoms with Crippen LogP contribution in [0.2, 0.25) is 0 Å². The molecule has 150 valence electrons. The summed E-state index contributed by atoms with van der Waals surface area (Å²) in [6.45, 7) is 2.64. The highest BCUT2D eigenvalue weighted by atomic mass is 16.2. The van der Waals surface area contributed by atoms with Crippen molar-refractivity contribution in [1.82, 2.24) is 25.0 Å². The summed E-state index contributed by atoms with van der Waals surface area (Å²) in [5.74, 6) is 0.745. The van der Waals surface area contributed by atoms with Crippen LogP contribution in [0.25, 0.3) is 16.9 Å². The van der Waals surface area contributed by atoms with E-state index in [1.165, 1.54) is 6.42 Å². The molecule has 0 radical (unpaired) electrons. The number of amides is 1. The predicted molar refractivity (Wildman–Crippen MR) is 114 cm³/mol. The number of rotatable bonds is 6. The van der Waals surface area contributed by atoms with Crippen LogP contribution in [0.4, 0.5) is 0 Å². The van der Waals surface area contributed by atoms with Crippen LogP contribution in [-0.4, -0.2) is 52.3 Å². The number of carbonyl (C=O) groups excluding carboxylic acids is 1.